The van der Waals surface area contributed by atoms with E-state index in [9.17, 15) is 4.79 Å². The molecule has 2 aromatic carbocycles. The molecule has 0 aliphatic rings. The van der Waals surface area contributed by atoms with Crippen LogP contribution in [0.5, 0.6) is 0 Å². The summed E-state index contributed by atoms with van der Waals surface area (Å²) in [6.45, 7) is 9.32. The largest absolute Gasteiger partial charge is 0.462 e. The van der Waals surface area contributed by atoms with Gasteiger partial charge in [0.25, 0.3) is 0 Å². The van der Waals surface area contributed by atoms with Crippen LogP contribution in [0.15, 0.2) is 42.5 Å². The van der Waals surface area contributed by atoms with Gasteiger partial charge in [-0.3, -0.25) is 0 Å². The molecule has 2 rings (SSSR count). The molecular weight excluding hydrogens is 368 g/mol. The lowest BCUT2D eigenvalue weighted by molar-refractivity contribution is 0.0526. The average Bonchev–Trinajstić information content (AvgIpc) is 2.67. The van der Waals surface area contributed by atoms with Gasteiger partial charge >= 0.3 is 5.97 Å². The molecule has 0 spiro atoms. The number of ether oxygens (including phenoxy) is 1. The number of anilines is 1. The normalized spacial score (nSPS) is 10.6. The Labute approximate surface area is 173 Å². The standard InChI is InChI=1S/C23H30N2O2S/c1-5-27-22(26)20-11-8-17(4)21(15-20)25-23(28)24-14-6-7-18-9-12-19(13-10-18)16(2)3/h8-13,15-16H,5-7,14H2,1-4H3,(H2,24,25,28). The third kappa shape index (κ3) is 6.64. The van der Waals surface area contributed by atoms with Crippen LogP contribution in [0.4, 0.5) is 5.69 Å². The molecule has 2 N–H and O–H groups in total. The number of aryl methyl sites for hydroxylation is 2. The van der Waals surface area contributed by atoms with Gasteiger partial charge in [-0.15, -0.1) is 0 Å². The fourth-order valence-corrected chi connectivity index (χ4v) is 3.04. The topological polar surface area (TPSA) is 50.4 Å². The van der Waals surface area contributed by atoms with Crippen molar-refractivity contribution in [2.24, 2.45) is 0 Å². The zero-order chi connectivity index (χ0) is 20.5. The summed E-state index contributed by atoms with van der Waals surface area (Å²) in [5.41, 5.74) is 5.05. The summed E-state index contributed by atoms with van der Waals surface area (Å²) in [5, 5.41) is 6.97. The highest BCUT2D eigenvalue weighted by atomic mass is 32.1. The van der Waals surface area contributed by atoms with E-state index >= 15 is 0 Å². The van der Waals surface area contributed by atoms with Crippen molar-refractivity contribution in [3.63, 3.8) is 0 Å². The van der Waals surface area contributed by atoms with E-state index < -0.39 is 0 Å². The van der Waals surface area contributed by atoms with Crippen molar-refractivity contribution in [3.8, 4) is 0 Å². The third-order valence-electron chi connectivity index (χ3n) is 4.57. The molecule has 0 aliphatic carbocycles. The minimum Gasteiger partial charge on any atom is -0.462 e. The Balaban J connectivity index is 1.80. The molecule has 28 heavy (non-hydrogen) atoms. The first-order chi connectivity index (χ1) is 13.4. The Morgan fingerprint density at radius 1 is 1.14 bits per heavy atom. The molecule has 0 amide bonds. The number of esters is 1. The number of carbonyl (C=O) groups excluding carboxylic acids is 1. The van der Waals surface area contributed by atoms with Gasteiger partial charge in [-0.25, -0.2) is 4.79 Å². The molecule has 0 saturated heterocycles. The second-order valence-corrected chi connectivity index (χ2v) is 7.54. The Hall–Kier alpha value is -2.40. The van der Waals surface area contributed by atoms with Gasteiger partial charge in [-0.1, -0.05) is 44.2 Å². The molecule has 0 fully saturated rings. The van der Waals surface area contributed by atoms with E-state index in [1.807, 2.05) is 13.0 Å². The summed E-state index contributed by atoms with van der Waals surface area (Å²) in [7, 11) is 0. The molecule has 5 heteroatoms. The number of hydrogen-bond acceptors (Lipinski definition) is 3. The Morgan fingerprint density at radius 2 is 1.86 bits per heavy atom. The van der Waals surface area contributed by atoms with Crippen molar-refractivity contribution < 1.29 is 9.53 Å². The second kappa shape index (κ2) is 10.8. The van der Waals surface area contributed by atoms with Crippen molar-refractivity contribution in [2.45, 2.75) is 46.5 Å². The molecule has 0 atom stereocenters. The van der Waals surface area contributed by atoms with Gasteiger partial charge in [0.2, 0.25) is 0 Å². The van der Waals surface area contributed by atoms with Crippen LogP contribution in [-0.2, 0) is 11.2 Å². The highest BCUT2D eigenvalue weighted by molar-refractivity contribution is 7.80. The van der Waals surface area contributed by atoms with Gasteiger partial charge in [-0.05, 0) is 73.6 Å². The minimum absolute atomic E-state index is 0.326. The molecule has 2 aromatic rings. The van der Waals surface area contributed by atoms with Gasteiger partial charge < -0.3 is 15.4 Å². The van der Waals surface area contributed by atoms with Gasteiger partial charge in [0, 0.05) is 12.2 Å². The molecule has 0 radical (unpaired) electrons. The van der Waals surface area contributed by atoms with Crippen LogP contribution in [-0.4, -0.2) is 24.2 Å². The number of nitrogens with one attached hydrogen (secondary N) is 2. The number of carbonyl (C=O) groups is 1. The van der Waals surface area contributed by atoms with E-state index in [1.54, 1.807) is 19.1 Å². The molecule has 0 bridgehead atoms. The molecule has 150 valence electrons. The average molecular weight is 399 g/mol. The molecule has 0 saturated carbocycles. The van der Waals surface area contributed by atoms with Gasteiger partial charge in [0.15, 0.2) is 5.11 Å². The maximum absolute atomic E-state index is 11.9. The van der Waals surface area contributed by atoms with E-state index in [1.165, 1.54) is 11.1 Å². The van der Waals surface area contributed by atoms with Crippen molar-refractivity contribution >= 4 is 29.0 Å². The lowest BCUT2D eigenvalue weighted by atomic mass is 10.0. The van der Waals surface area contributed by atoms with Crippen molar-refractivity contribution in [3.05, 3.63) is 64.7 Å². The lowest BCUT2D eigenvalue weighted by Gasteiger charge is -2.14. The van der Waals surface area contributed by atoms with Crippen LogP contribution >= 0.6 is 12.2 Å². The summed E-state index contributed by atoms with van der Waals surface area (Å²) in [6, 6.07) is 14.2. The summed E-state index contributed by atoms with van der Waals surface area (Å²) < 4.78 is 5.05. The quantitative estimate of drug-likeness (QED) is 0.363. The van der Waals surface area contributed by atoms with Crippen LogP contribution in [0.2, 0.25) is 0 Å². The second-order valence-electron chi connectivity index (χ2n) is 7.13. The van der Waals surface area contributed by atoms with Crippen LogP contribution < -0.4 is 10.6 Å². The Bertz CT molecular complexity index is 801. The van der Waals surface area contributed by atoms with E-state index in [0.717, 1.165) is 30.6 Å². The van der Waals surface area contributed by atoms with E-state index in [4.69, 9.17) is 17.0 Å². The molecule has 0 aliphatic heterocycles. The van der Waals surface area contributed by atoms with Crippen molar-refractivity contribution in [1.29, 1.82) is 0 Å². The first-order valence-electron chi connectivity index (χ1n) is 9.82. The first-order valence-corrected chi connectivity index (χ1v) is 10.2. The smallest absolute Gasteiger partial charge is 0.338 e. The molecular formula is C23H30N2O2S. The number of rotatable bonds is 8. The number of hydrogen-bond donors (Lipinski definition) is 2. The minimum atomic E-state index is -0.326. The van der Waals surface area contributed by atoms with Gasteiger partial charge in [0.05, 0.1) is 12.2 Å². The molecule has 0 unspecified atom stereocenters. The summed E-state index contributed by atoms with van der Waals surface area (Å²) >= 11 is 5.39. The molecule has 0 heterocycles. The zero-order valence-electron chi connectivity index (χ0n) is 17.2. The molecule has 4 nitrogen and oxygen atoms in total. The zero-order valence-corrected chi connectivity index (χ0v) is 18.0. The summed E-state index contributed by atoms with van der Waals surface area (Å²) in [6.07, 6.45) is 2.00. The third-order valence-corrected chi connectivity index (χ3v) is 4.82. The van der Waals surface area contributed by atoms with Gasteiger partial charge in [0.1, 0.15) is 0 Å². The number of thiocarbonyl (C=S) groups is 1. The summed E-state index contributed by atoms with van der Waals surface area (Å²) in [5.74, 6) is 0.234. The van der Waals surface area contributed by atoms with Crippen LogP contribution in [0.25, 0.3) is 0 Å². The highest BCUT2D eigenvalue weighted by Gasteiger charge is 2.09. The fraction of sp³-hybridized carbons (Fsp3) is 0.391. The monoisotopic (exact) mass is 398 g/mol. The van der Waals surface area contributed by atoms with Gasteiger partial charge in [-0.2, -0.15) is 0 Å². The number of benzene rings is 2. The first kappa shape index (κ1) is 21.9. The maximum Gasteiger partial charge on any atom is 0.338 e. The maximum atomic E-state index is 11.9. The van der Waals surface area contributed by atoms with Crippen molar-refractivity contribution in [2.75, 3.05) is 18.5 Å². The van der Waals surface area contributed by atoms with E-state index in [-0.39, 0.29) is 5.97 Å². The van der Waals surface area contributed by atoms with Crippen molar-refractivity contribution in [1.82, 2.24) is 5.32 Å². The highest BCUT2D eigenvalue weighted by Crippen LogP contribution is 2.18. The van der Waals surface area contributed by atoms with Crippen LogP contribution in [0.3, 0.4) is 0 Å². The predicted octanol–water partition coefficient (Wildman–Crippen LogP) is 5.21. The summed E-state index contributed by atoms with van der Waals surface area (Å²) in [4.78, 5) is 11.9. The molecule has 0 aromatic heterocycles. The van der Waals surface area contributed by atoms with E-state index in [2.05, 4.69) is 48.7 Å². The predicted molar refractivity (Wildman–Crippen MR) is 120 cm³/mol. The van der Waals surface area contributed by atoms with E-state index in [0.29, 0.717) is 23.2 Å². The lowest BCUT2D eigenvalue weighted by Crippen LogP contribution is -2.29. The van der Waals surface area contributed by atoms with Crippen LogP contribution in [0, 0.1) is 6.92 Å². The Kier molecular flexibility index (Phi) is 8.45. The Morgan fingerprint density at radius 3 is 2.50 bits per heavy atom. The SMILES string of the molecule is CCOC(=O)c1ccc(C)c(NC(=S)NCCCc2ccc(C(C)C)cc2)c1. The van der Waals surface area contributed by atoms with Crippen LogP contribution in [0.1, 0.15) is 60.2 Å². The fourth-order valence-electron chi connectivity index (χ4n) is 2.83.